The van der Waals surface area contributed by atoms with Crippen molar-refractivity contribution in [3.05, 3.63) is 29.8 Å². The quantitative estimate of drug-likeness (QED) is 0.877. The fourth-order valence-electron chi connectivity index (χ4n) is 1.99. The van der Waals surface area contributed by atoms with E-state index in [0.29, 0.717) is 6.04 Å². The Balaban J connectivity index is 1.76. The molecule has 0 saturated heterocycles. The number of aryl methyl sites for hydroxylation is 2. The molecule has 3 rings (SSSR count). The van der Waals surface area contributed by atoms with Crippen LogP contribution in [-0.2, 0) is 13.6 Å². The minimum absolute atomic E-state index is 0.712. The van der Waals surface area contributed by atoms with E-state index in [-0.39, 0.29) is 0 Å². The minimum Gasteiger partial charge on any atom is -0.460 e. The summed E-state index contributed by atoms with van der Waals surface area (Å²) in [4.78, 5) is 0. The Kier molecular flexibility index (Phi) is 2.52. The van der Waals surface area contributed by atoms with Crippen LogP contribution >= 0.6 is 0 Å². The lowest BCUT2D eigenvalue weighted by Crippen LogP contribution is -2.14. The molecule has 0 unspecified atom stereocenters. The normalized spacial score (nSPS) is 15.4. The highest BCUT2D eigenvalue weighted by atomic mass is 16.3. The number of hydrogen-bond acceptors (Lipinski definition) is 3. The summed E-state index contributed by atoms with van der Waals surface area (Å²) in [6.07, 6.45) is 4.59. The van der Waals surface area contributed by atoms with Gasteiger partial charge in [-0.15, -0.1) is 0 Å². The zero-order valence-corrected chi connectivity index (χ0v) is 10.2. The number of furan rings is 1. The second kappa shape index (κ2) is 4.04. The molecular weight excluding hydrogens is 214 g/mol. The summed E-state index contributed by atoms with van der Waals surface area (Å²) in [5.74, 6) is 1.90. The van der Waals surface area contributed by atoms with Gasteiger partial charge in [-0.25, -0.2) is 0 Å². The summed E-state index contributed by atoms with van der Waals surface area (Å²) in [6, 6.07) is 4.77. The number of rotatable bonds is 4. The van der Waals surface area contributed by atoms with Gasteiger partial charge in [0, 0.05) is 19.3 Å². The van der Waals surface area contributed by atoms with Crippen molar-refractivity contribution >= 4 is 0 Å². The van der Waals surface area contributed by atoms with Crippen molar-refractivity contribution in [3.8, 4) is 11.3 Å². The Hall–Kier alpha value is -1.55. The first kappa shape index (κ1) is 10.6. The van der Waals surface area contributed by atoms with E-state index < -0.39 is 0 Å². The molecular formula is C13H17N3O. The fourth-order valence-corrected chi connectivity index (χ4v) is 1.99. The van der Waals surface area contributed by atoms with Crippen molar-refractivity contribution in [2.75, 3.05) is 0 Å². The molecule has 0 radical (unpaired) electrons. The van der Waals surface area contributed by atoms with Gasteiger partial charge in [0.1, 0.15) is 11.5 Å². The highest BCUT2D eigenvalue weighted by Gasteiger charge is 2.20. The van der Waals surface area contributed by atoms with Crippen LogP contribution in [0, 0.1) is 6.92 Å². The highest BCUT2D eigenvalue weighted by Crippen LogP contribution is 2.25. The van der Waals surface area contributed by atoms with E-state index in [4.69, 9.17) is 4.42 Å². The number of nitrogens with zero attached hydrogens (tertiary/aromatic N) is 2. The molecule has 4 heteroatoms. The summed E-state index contributed by atoms with van der Waals surface area (Å²) in [6.45, 7) is 2.82. The number of nitrogens with one attached hydrogen (secondary N) is 1. The van der Waals surface area contributed by atoms with Crippen LogP contribution in [-0.4, -0.2) is 15.8 Å². The van der Waals surface area contributed by atoms with Gasteiger partial charge in [-0.3, -0.25) is 4.68 Å². The Bertz CT molecular complexity index is 523. The first-order chi connectivity index (χ1) is 8.22. The molecule has 4 nitrogen and oxygen atoms in total. The molecule has 1 aliphatic carbocycles. The Morgan fingerprint density at radius 1 is 1.47 bits per heavy atom. The Morgan fingerprint density at radius 2 is 2.29 bits per heavy atom. The molecule has 1 aliphatic rings. The second-order valence-electron chi connectivity index (χ2n) is 4.72. The lowest BCUT2D eigenvalue weighted by molar-refractivity contribution is 0.492. The minimum atomic E-state index is 0.712. The molecule has 2 aromatic heterocycles. The van der Waals surface area contributed by atoms with Crippen molar-refractivity contribution in [2.24, 2.45) is 7.05 Å². The third-order valence-corrected chi connectivity index (χ3v) is 3.08. The van der Waals surface area contributed by atoms with Crippen molar-refractivity contribution in [1.82, 2.24) is 15.1 Å². The average molecular weight is 231 g/mol. The number of aromatic nitrogens is 2. The van der Waals surface area contributed by atoms with Gasteiger partial charge >= 0.3 is 0 Å². The van der Waals surface area contributed by atoms with Gasteiger partial charge in [0.15, 0.2) is 0 Å². The van der Waals surface area contributed by atoms with Crippen LogP contribution in [0.15, 0.2) is 22.7 Å². The summed E-state index contributed by atoms with van der Waals surface area (Å²) < 4.78 is 7.64. The molecule has 0 spiro atoms. The van der Waals surface area contributed by atoms with Gasteiger partial charge in [-0.1, -0.05) is 0 Å². The maximum atomic E-state index is 5.83. The zero-order chi connectivity index (χ0) is 11.8. The second-order valence-corrected chi connectivity index (χ2v) is 4.72. The number of hydrogen-bond donors (Lipinski definition) is 1. The Morgan fingerprint density at radius 3 is 2.94 bits per heavy atom. The maximum Gasteiger partial charge on any atom is 0.137 e. The van der Waals surface area contributed by atoms with Crippen molar-refractivity contribution in [2.45, 2.75) is 32.4 Å². The van der Waals surface area contributed by atoms with E-state index in [2.05, 4.69) is 10.4 Å². The van der Waals surface area contributed by atoms with Crippen molar-refractivity contribution in [1.29, 1.82) is 0 Å². The van der Waals surface area contributed by atoms with Gasteiger partial charge in [-0.2, -0.15) is 5.10 Å². The predicted molar refractivity (Wildman–Crippen MR) is 65.5 cm³/mol. The molecule has 0 amide bonds. The first-order valence-electron chi connectivity index (χ1n) is 6.05. The van der Waals surface area contributed by atoms with Crippen LogP contribution in [0.5, 0.6) is 0 Å². The van der Waals surface area contributed by atoms with Gasteiger partial charge < -0.3 is 9.73 Å². The lowest BCUT2D eigenvalue weighted by atomic mass is 10.2. The van der Waals surface area contributed by atoms with Crippen LogP contribution in [0.1, 0.15) is 24.3 Å². The summed E-state index contributed by atoms with van der Waals surface area (Å²) in [7, 11) is 1.93. The van der Waals surface area contributed by atoms with E-state index in [1.165, 1.54) is 12.8 Å². The lowest BCUT2D eigenvalue weighted by Gasteiger charge is -1.98. The van der Waals surface area contributed by atoms with E-state index in [1.54, 1.807) is 0 Å². The maximum absolute atomic E-state index is 5.83. The molecule has 0 atom stereocenters. The molecule has 1 N–H and O–H groups in total. The molecule has 1 fully saturated rings. The molecule has 0 aliphatic heterocycles. The van der Waals surface area contributed by atoms with E-state index in [1.807, 2.05) is 37.0 Å². The van der Waals surface area contributed by atoms with Crippen LogP contribution in [0.4, 0.5) is 0 Å². The van der Waals surface area contributed by atoms with Crippen LogP contribution in [0.3, 0.4) is 0 Å². The SMILES string of the molecule is Cc1nn(C)cc1-c1ccc(CNC2CC2)o1. The van der Waals surface area contributed by atoms with E-state index >= 15 is 0 Å². The monoisotopic (exact) mass is 231 g/mol. The van der Waals surface area contributed by atoms with Crippen molar-refractivity contribution < 1.29 is 4.42 Å². The van der Waals surface area contributed by atoms with E-state index in [0.717, 1.165) is 29.3 Å². The largest absolute Gasteiger partial charge is 0.460 e. The van der Waals surface area contributed by atoms with E-state index in [9.17, 15) is 0 Å². The van der Waals surface area contributed by atoms with Crippen molar-refractivity contribution in [3.63, 3.8) is 0 Å². The zero-order valence-electron chi connectivity index (χ0n) is 10.2. The molecule has 0 bridgehead atoms. The molecule has 2 heterocycles. The summed E-state index contributed by atoms with van der Waals surface area (Å²) >= 11 is 0. The smallest absolute Gasteiger partial charge is 0.137 e. The molecule has 1 saturated carbocycles. The molecule has 90 valence electrons. The van der Waals surface area contributed by atoms with Gasteiger partial charge in [0.05, 0.1) is 17.8 Å². The Labute approximate surface area is 101 Å². The average Bonchev–Trinajstić information content (AvgIpc) is 2.90. The van der Waals surface area contributed by atoms with Crippen LogP contribution in [0.2, 0.25) is 0 Å². The third-order valence-electron chi connectivity index (χ3n) is 3.08. The topological polar surface area (TPSA) is 43.0 Å². The first-order valence-corrected chi connectivity index (χ1v) is 6.05. The third kappa shape index (κ3) is 2.26. The van der Waals surface area contributed by atoms with Gasteiger partial charge in [-0.05, 0) is 31.9 Å². The molecule has 2 aromatic rings. The van der Waals surface area contributed by atoms with Gasteiger partial charge in [0.2, 0.25) is 0 Å². The standard InChI is InChI=1S/C13H17N3O/c1-9-12(8-16(2)15-9)13-6-5-11(17-13)7-14-10-3-4-10/h5-6,8,10,14H,3-4,7H2,1-2H3. The van der Waals surface area contributed by atoms with Crippen LogP contribution in [0.25, 0.3) is 11.3 Å². The van der Waals surface area contributed by atoms with Gasteiger partial charge in [0.25, 0.3) is 0 Å². The molecule has 0 aromatic carbocycles. The highest BCUT2D eigenvalue weighted by molar-refractivity contribution is 5.59. The summed E-state index contributed by atoms with van der Waals surface area (Å²) in [5, 5.41) is 7.76. The predicted octanol–water partition coefficient (Wildman–Crippen LogP) is 2.24. The fraction of sp³-hybridized carbons (Fsp3) is 0.462. The summed E-state index contributed by atoms with van der Waals surface area (Å²) in [5.41, 5.74) is 2.08. The molecule has 17 heavy (non-hydrogen) atoms. The van der Waals surface area contributed by atoms with Crippen LogP contribution < -0.4 is 5.32 Å².